The van der Waals surface area contributed by atoms with Gasteiger partial charge in [-0.2, -0.15) is 0 Å². The molecule has 44 heavy (non-hydrogen) atoms. The summed E-state index contributed by atoms with van der Waals surface area (Å²) in [5, 5.41) is 12.9. The van der Waals surface area contributed by atoms with Gasteiger partial charge in [-0.05, 0) is 66.8 Å². The lowest BCUT2D eigenvalue weighted by Gasteiger charge is -2.33. The van der Waals surface area contributed by atoms with Crippen molar-refractivity contribution < 1.29 is 18.3 Å². The third-order valence-corrected chi connectivity index (χ3v) is 8.84. The number of aromatic nitrogens is 5. The van der Waals surface area contributed by atoms with E-state index >= 15 is 0 Å². The molecule has 12 heteroatoms. The predicted octanol–water partition coefficient (Wildman–Crippen LogP) is 3.69. The number of sulfone groups is 1. The molecule has 0 radical (unpaired) electrons. The van der Waals surface area contributed by atoms with E-state index in [-0.39, 0.29) is 23.6 Å². The number of carbonyl (C=O) groups excluding carboxylic acids is 1. The third kappa shape index (κ3) is 6.56. The highest BCUT2D eigenvalue weighted by Crippen LogP contribution is 2.30. The standard InChI is InChI=1S/C32H31N7O4S/c1-44(42,43)27-13-24(15-33-19-27)32(41)36-18-26-14-30-23(17-35-26)6-8-29(37-30)28-3-2-4-31(38-28)39-11-9-21(10-12-39)22-5-7-25(20-40)34-16-22/h2-8,13-17,19,21,40H,9-12,18,20H2,1H3,(H,36,41). The minimum atomic E-state index is -3.48. The Bertz CT molecular complexity index is 1930. The first-order valence-electron chi connectivity index (χ1n) is 14.2. The Hall–Kier alpha value is -4.81. The number of aliphatic hydroxyl groups excluding tert-OH is 1. The van der Waals surface area contributed by atoms with Crippen LogP contribution in [0.25, 0.3) is 22.3 Å². The van der Waals surface area contributed by atoms with Crippen molar-refractivity contribution in [3.63, 3.8) is 0 Å². The lowest BCUT2D eigenvalue weighted by molar-refractivity contribution is 0.0950. The van der Waals surface area contributed by atoms with Crippen LogP contribution in [0.3, 0.4) is 0 Å². The number of anilines is 1. The Morgan fingerprint density at radius 1 is 0.932 bits per heavy atom. The molecule has 0 spiro atoms. The van der Waals surface area contributed by atoms with Crippen molar-refractivity contribution in [1.29, 1.82) is 0 Å². The summed E-state index contributed by atoms with van der Waals surface area (Å²) in [5.74, 6) is 0.885. The lowest BCUT2D eigenvalue weighted by atomic mass is 9.90. The van der Waals surface area contributed by atoms with Crippen LogP contribution in [0.15, 0.2) is 84.3 Å². The number of pyridine rings is 5. The number of nitrogens with one attached hydrogen (secondary N) is 1. The summed E-state index contributed by atoms with van der Waals surface area (Å²) in [4.78, 5) is 37.4. The Morgan fingerprint density at radius 2 is 1.73 bits per heavy atom. The first kappa shape index (κ1) is 29.3. The van der Waals surface area contributed by atoms with Gasteiger partial charge in [0.2, 0.25) is 0 Å². The minimum absolute atomic E-state index is 0.0180. The molecular formula is C32H31N7O4S. The number of piperidine rings is 1. The minimum Gasteiger partial charge on any atom is -0.390 e. The van der Waals surface area contributed by atoms with E-state index in [0.29, 0.717) is 17.3 Å². The molecule has 1 saturated heterocycles. The van der Waals surface area contributed by atoms with Crippen LogP contribution >= 0.6 is 0 Å². The summed E-state index contributed by atoms with van der Waals surface area (Å²) in [7, 11) is -3.48. The monoisotopic (exact) mass is 609 g/mol. The molecule has 1 fully saturated rings. The maximum atomic E-state index is 12.7. The molecule has 11 nitrogen and oxygen atoms in total. The van der Waals surface area contributed by atoms with Gasteiger partial charge in [-0.3, -0.25) is 19.7 Å². The Kier molecular flexibility index (Phi) is 8.27. The summed E-state index contributed by atoms with van der Waals surface area (Å²) in [6.07, 6.45) is 9.18. The molecule has 0 unspecified atom stereocenters. The second-order valence-electron chi connectivity index (χ2n) is 10.8. The van der Waals surface area contributed by atoms with Crippen molar-refractivity contribution in [3.05, 3.63) is 102 Å². The molecule has 6 rings (SSSR count). The van der Waals surface area contributed by atoms with Gasteiger partial charge in [-0.1, -0.05) is 12.1 Å². The quantitative estimate of drug-likeness (QED) is 0.267. The number of nitrogens with zero attached hydrogens (tertiary/aromatic N) is 6. The average Bonchev–Trinajstić information content (AvgIpc) is 3.06. The number of fused-ring (bicyclic) bond motifs is 1. The van der Waals surface area contributed by atoms with Crippen molar-refractivity contribution >= 4 is 32.5 Å². The van der Waals surface area contributed by atoms with E-state index in [9.17, 15) is 18.3 Å². The molecule has 1 amide bonds. The van der Waals surface area contributed by atoms with Crippen molar-refractivity contribution in [3.8, 4) is 11.4 Å². The Labute approximate surface area is 255 Å². The Morgan fingerprint density at radius 3 is 2.48 bits per heavy atom. The maximum Gasteiger partial charge on any atom is 0.253 e. The van der Waals surface area contributed by atoms with E-state index in [2.05, 4.69) is 31.2 Å². The maximum absolute atomic E-state index is 12.7. The van der Waals surface area contributed by atoms with Gasteiger partial charge in [0.1, 0.15) is 5.82 Å². The van der Waals surface area contributed by atoms with E-state index in [0.717, 1.165) is 60.3 Å². The normalized spacial score (nSPS) is 14.1. The predicted molar refractivity (Wildman–Crippen MR) is 166 cm³/mol. The number of hydrogen-bond donors (Lipinski definition) is 2. The van der Waals surface area contributed by atoms with Gasteiger partial charge >= 0.3 is 0 Å². The molecule has 0 aliphatic carbocycles. The third-order valence-electron chi connectivity index (χ3n) is 7.76. The Balaban J connectivity index is 1.13. The van der Waals surface area contributed by atoms with E-state index in [1.165, 1.54) is 24.0 Å². The first-order valence-corrected chi connectivity index (χ1v) is 16.1. The van der Waals surface area contributed by atoms with Crippen molar-refractivity contribution in [2.45, 2.75) is 36.8 Å². The molecule has 2 N–H and O–H groups in total. The van der Waals surface area contributed by atoms with Crippen LogP contribution in [0, 0.1) is 0 Å². The topological polar surface area (TPSA) is 151 Å². The van der Waals surface area contributed by atoms with Gasteiger partial charge in [0, 0.05) is 49.5 Å². The van der Waals surface area contributed by atoms with Crippen LogP contribution in [0.5, 0.6) is 0 Å². The SMILES string of the molecule is CS(=O)(=O)c1cncc(C(=O)NCc2cc3nc(-c4cccc(N5CCC(c6ccc(CO)nc6)CC5)n4)ccc3cn2)c1. The molecule has 0 atom stereocenters. The fraction of sp³-hybridized carbons (Fsp3) is 0.250. The molecule has 224 valence electrons. The molecular weight excluding hydrogens is 578 g/mol. The number of rotatable bonds is 8. The summed E-state index contributed by atoms with van der Waals surface area (Å²) in [6.45, 7) is 1.84. The zero-order valence-electron chi connectivity index (χ0n) is 24.1. The highest BCUT2D eigenvalue weighted by Gasteiger charge is 2.22. The summed E-state index contributed by atoms with van der Waals surface area (Å²) in [5.41, 5.74) is 4.86. The zero-order valence-corrected chi connectivity index (χ0v) is 24.9. The smallest absolute Gasteiger partial charge is 0.253 e. The van der Waals surface area contributed by atoms with Crippen molar-refractivity contribution in [1.82, 2.24) is 30.2 Å². The van der Waals surface area contributed by atoms with Gasteiger partial charge in [0.05, 0.1) is 51.9 Å². The molecule has 0 bridgehead atoms. The van der Waals surface area contributed by atoms with Crippen LogP contribution in [-0.2, 0) is 23.0 Å². The molecule has 6 heterocycles. The van der Waals surface area contributed by atoms with Gasteiger partial charge in [0.15, 0.2) is 9.84 Å². The summed E-state index contributed by atoms with van der Waals surface area (Å²) < 4.78 is 23.6. The number of carbonyl (C=O) groups is 1. The van der Waals surface area contributed by atoms with E-state index in [4.69, 9.17) is 9.97 Å². The molecule has 0 saturated carbocycles. The van der Waals surface area contributed by atoms with Crippen molar-refractivity contribution in [2.75, 3.05) is 24.2 Å². The highest BCUT2D eigenvalue weighted by molar-refractivity contribution is 7.90. The van der Waals surface area contributed by atoms with Crippen LogP contribution in [0.2, 0.25) is 0 Å². The van der Waals surface area contributed by atoms with Crippen LogP contribution in [0.1, 0.15) is 46.1 Å². The largest absolute Gasteiger partial charge is 0.390 e. The van der Waals surface area contributed by atoms with Crippen molar-refractivity contribution in [2.24, 2.45) is 0 Å². The molecule has 5 aromatic rings. The lowest BCUT2D eigenvalue weighted by Crippen LogP contribution is -2.33. The van der Waals surface area contributed by atoms with Gasteiger partial charge in [-0.25, -0.2) is 18.4 Å². The molecule has 5 aromatic heterocycles. The van der Waals surface area contributed by atoms with Crippen LogP contribution in [-0.4, -0.2) is 63.7 Å². The fourth-order valence-corrected chi connectivity index (χ4v) is 5.86. The average molecular weight is 610 g/mol. The molecule has 1 aliphatic heterocycles. The van der Waals surface area contributed by atoms with Gasteiger partial charge in [0.25, 0.3) is 5.91 Å². The number of amides is 1. The van der Waals surface area contributed by atoms with E-state index in [1.807, 2.05) is 48.7 Å². The highest BCUT2D eigenvalue weighted by atomic mass is 32.2. The number of hydrogen-bond acceptors (Lipinski definition) is 10. The second kappa shape index (κ2) is 12.4. The fourth-order valence-electron chi connectivity index (χ4n) is 5.27. The molecule has 0 aromatic carbocycles. The number of aliphatic hydroxyl groups is 1. The summed E-state index contributed by atoms with van der Waals surface area (Å²) in [6, 6.07) is 16.9. The van der Waals surface area contributed by atoms with E-state index < -0.39 is 15.7 Å². The van der Waals surface area contributed by atoms with Crippen LogP contribution in [0.4, 0.5) is 5.82 Å². The zero-order chi connectivity index (χ0) is 30.7. The van der Waals surface area contributed by atoms with E-state index in [1.54, 1.807) is 6.20 Å². The van der Waals surface area contributed by atoms with Gasteiger partial charge in [-0.15, -0.1) is 0 Å². The second-order valence-corrected chi connectivity index (χ2v) is 12.8. The first-order chi connectivity index (χ1) is 21.3. The molecule has 1 aliphatic rings. The summed E-state index contributed by atoms with van der Waals surface area (Å²) >= 11 is 0. The van der Waals surface area contributed by atoms with Gasteiger partial charge < -0.3 is 15.3 Å². The van der Waals surface area contributed by atoms with Crippen LogP contribution < -0.4 is 10.2 Å².